The molecule has 1 aliphatic heterocycles. The van der Waals surface area contributed by atoms with Crippen molar-refractivity contribution < 1.29 is 0 Å². The van der Waals surface area contributed by atoms with Crippen molar-refractivity contribution in [3.8, 4) is 0 Å². The summed E-state index contributed by atoms with van der Waals surface area (Å²) in [5.41, 5.74) is 1.32. The summed E-state index contributed by atoms with van der Waals surface area (Å²) in [6, 6.07) is 4.18. The maximum atomic E-state index is 4.15. The molecule has 0 aliphatic carbocycles. The van der Waals surface area contributed by atoms with E-state index >= 15 is 0 Å². The van der Waals surface area contributed by atoms with Crippen LogP contribution in [0.15, 0.2) is 22.9 Å². The molecule has 94 valence electrons. The predicted molar refractivity (Wildman–Crippen MR) is 73.9 cm³/mol. The standard InChI is InChI=1S/C13H20BrN3/c1-17(10-12-3-2-5-15-8-12)9-11-4-6-16-13(14)7-11/h4,6-7,12,15H,2-3,5,8-10H2,1H3/t12-/m1/s1. The van der Waals surface area contributed by atoms with Crippen LogP contribution in [0.25, 0.3) is 0 Å². The van der Waals surface area contributed by atoms with Crippen LogP contribution in [-0.2, 0) is 6.54 Å². The lowest BCUT2D eigenvalue weighted by Crippen LogP contribution is -2.36. The van der Waals surface area contributed by atoms with Gasteiger partial charge < -0.3 is 10.2 Å². The molecule has 1 aliphatic rings. The molecule has 2 heterocycles. The van der Waals surface area contributed by atoms with Crippen LogP contribution >= 0.6 is 15.9 Å². The zero-order chi connectivity index (χ0) is 12.1. The van der Waals surface area contributed by atoms with E-state index in [1.807, 2.05) is 6.20 Å². The van der Waals surface area contributed by atoms with Crippen LogP contribution in [0.1, 0.15) is 18.4 Å². The van der Waals surface area contributed by atoms with Crippen LogP contribution in [0.5, 0.6) is 0 Å². The van der Waals surface area contributed by atoms with E-state index in [4.69, 9.17) is 0 Å². The number of pyridine rings is 1. The van der Waals surface area contributed by atoms with Gasteiger partial charge in [-0.05, 0) is 72.5 Å². The number of aromatic nitrogens is 1. The first kappa shape index (κ1) is 13.0. The number of nitrogens with zero attached hydrogens (tertiary/aromatic N) is 2. The predicted octanol–water partition coefficient (Wildman–Crippen LogP) is 2.28. The normalized spacial score (nSPS) is 20.8. The first-order valence-corrected chi connectivity index (χ1v) is 7.03. The van der Waals surface area contributed by atoms with Gasteiger partial charge in [-0.3, -0.25) is 0 Å². The molecule has 1 saturated heterocycles. The summed E-state index contributed by atoms with van der Waals surface area (Å²) in [6.07, 6.45) is 4.53. The Morgan fingerprint density at radius 1 is 1.59 bits per heavy atom. The second kappa shape index (κ2) is 6.47. The molecule has 1 aromatic rings. The van der Waals surface area contributed by atoms with Crippen LogP contribution in [0, 0.1) is 5.92 Å². The molecule has 0 amide bonds. The summed E-state index contributed by atoms with van der Waals surface area (Å²) in [5.74, 6) is 0.805. The molecule has 4 heteroatoms. The number of hydrogen-bond donors (Lipinski definition) is 1. The highest BCUT2D eigenvalue weighted by Gasteiger charge is 2.14. The van der Waals surface area contributed by atoms with Gasteiger partial charge in [0.2, 0.25) is 0 Å². The first-order chi connectivity index (χ1) is 8.24. The van der Waals surface area contributed by atoms with Crippen molar-refractivity contribution >= 4 is 15.9 Å². The third kappa shape index (κ3) is 4.37. The molecule has 0 bridgehead atoms. The lowest BCUT2D eigenvalue weighted by atomic mass is 9.99. The van der Waals surface area contributed by atoms with E-state index in [1.165, 1.54) is 38.0 Å². The van der Waals surface area contributed by atoms with Crippen molar-refractivity contribution in [3.63, 3.8) is 0 Å². The number of halogens is 1. The van der Waals surface area contributed by atoms with Gasteiger partial charge in [-0.25, -0.2) is 4.98 Å². The van der Waals surface area contributed by atoms with Gasteiger partial charge in [0.15, 0.2) is 0 Å². The smallest absolute Gasteiger partial charge is 0.106 e. The molecule has 3 nitrogen and oxygen atoms in total. The number of hydrogen-bond acceptors (Lipinski definition) is 3. The van der Waals surface area contributed by atoms with Crippen molar-refractivity contribution in [3.05, 3.63) is 28.5 Å². The van der Waals surface area contributed by atoms with Gasteiger partial charge >= 0.3 is 0 Å². The van der Waals surface area contributed by atoms with Crippen LogP contribution in [0.4, 0.5) is 0 Å². The average molecular weight is 298 g/mol. The van der Waals surface area contributed by atoms with Gasteiger partial charge in [0, 0.05) is 19.3 Å². The van der Waals surface area contributed by atoms with Crippen molar-refractivity contribution in [1.29, 1.82) is 0 Å². The van der Waals surface area contributed by atoms with Crippen molar-refractivity contribution in [2.24, 2.45) is 5.92 Å². The highest BCUT2D eigenvalue weighted by Crippen LogP contribution is 2.14. The van der Waals surface area contributed by atoms with Gasteiger partial charge in [0.05, 0.1) is 0 Å². The zero-order valence-electron chi connectivity index (χ0n) is 10.3. The summed E-state index contributed by atoms with van der Waals surface area (Å²) < 4.78 is 0.919. The molecule has 0 aromatic carbocycles. The Morgan fingerprint density at radius 2 is 2.47 bits per heavy atom. The van der Waals surface area contributed by atoms with E-state index in [0.29, 0.717) is 0 Å². The van der Waals surface area contributed by atoms with Crippen molar-refractivity contribution in [1.82, 2.24) is 15.2 Å². The summed E-state index contributed by atoms with van der Waals surface area (Å²) in [4.78, 5) is 6.55. The van der Waals surface area contributed by atoms with E-state index in [1.54, 1.807) is 0 Å². The zero-order valence-corrected chi connectivity index (χ0v) is 11.9. The van der Waals surface area contributed by atoms with E-state index in [0.717, 1.165) is 17.1 Å². The molecule has 1 aromatic heterocycles. The molecule has 0 saturated carbocycles. The Hall–Kier alpha value is -0.450. The monoisotopic (exact) mass is 297 g/mol. The van der Waals surface area contributed by atoms with Crippen LogP contribution < -0.4 is 5.32 Å². The lowest BCUT2D eigenvalue weighted by Gasteiger charge is -2.27. The van der Waals surface area contributed by atoms with Gasteiger partial charge in [-0.2, -0.15) is 0 Å². The molecule has 0 spiro atoms. The Bertz CT molecular complexity index is 350. The van der Waals surface area contributed by atoms with E-state index in [-0.39, 0.29) is 0 Å². The third-order valence-corrected chi connectivity index (χ3v) is 3.65. The molecule has 1 fully saturated rings. The van der Waals surface area contributed by atoms with E-state index in [9.17, 15) is 0 Å². The van der Waals surface area contributed by atoms with Gasteiger partial charge in [0.25, 0.3) is 0 Å². The van der Waals surface area contributed by atoms with Crippen molar-refractivity contribution in [2.45, 2.75) is 19.4 Å². The first-order valence-electron chi connectivity index (χ1n) is 6.24. The molecule has 1 atom stereocenters. The minimum atomic E-state index is 0.805. The fourth-order valence-corrected chi connectivity index (χ4v) is 2.85. The Kier molecular flexibility index (Phi) is 4.95. The van der Waals surface area contributed by atoms with Crippen LogP contribution in [-0.4, -0.2) is 36.6 Å². The second-order valence-corrected chi connectivity index (χ2v) is 5.71. The second-order valence-electron chi connectivity index (χ2n) is 4.90. The number of piperidine rings is 1. The van der Waals surface area contributed by atoms with Gasteiger partial charge in [-0.15, -0.1) is 0 Å². The van der Waals surface area contributed by atoms with Crippen LogP contribution in [0.2, 0.25) is 0 Å². The molecule has 0 unspecified atom stereocenters. The molecular formula is C13H20BrN3. The molecular weight excluding hydrogens is 278 g/mol. The quantitative estimate of drug-likeness (QED) is 0.864. The van der Waals surface area contributed by atoms with Gasteiger partial charge in [-0.1, -0.05) is 0 Å². The van der Waals surface area contributed by atoms with Crippen LogP contribution in [0.3, 0.4) is 0 Å². The maximum Gasteiger partial charge on any atom is 0.106 e. The van der Waals surface area contributed by atoms with Gasteiger partial charge in [0.1, 0.15) is 4.60 Å². The molecule has 2 rings (SSSR count). The highest BCUT2D eigenvalue weighted by atomic mass is 79.9. The summed E-state index contributed by atoms with van der Waals surface area (Å²) >= 11 is 3.41. The Morgan fingerprint density at radius 3 is 3.18 bits per heavy atom. The maximum absolute atomic E-state index is 4.15. The third-order valence-electron chi connectivity index (χ3n) is 3.21. The largest absolute Gasteiger partial charge is 0.316 e. The average Bonchev–Trinajstić information content (AvgIpc) is 2.30. The molecule has 0 radical (unpaired) electrons. The summed E-state index contributed by atoms with van der Waals surface area (Å²) in [7, 11) is 2.20. The minimum absolute atomic E-state index is 0.805. The summed E-state index contributed by atoms with van der Waals surface area (Å²) in [6.45, 7) is 4.53. The van der Waals surface area contributed by atoms with E-state index in [2.05, 4.69) is 50.3 Å². The molecule has 1 N–H and O–H groups in total. The Labute approximate surface area is 112 Å². The molecule has 17 heavy (non-hydrogen) atoms. The fourth-order valence-electron chi connectivity index (χ4n) is 2.44. The number of rotatable bonds is 4. The highest BCUT2D eigenvalue weighted by molar-refractivity contribution is 9.10. The fraction of sp³-hybridized carbons (Fsp3) is 0.615. The van der Waals surface area contributed by atoms with Crippen molar-refractivity contribution in [2.75, 3.05) is 26.7 Å². The Balaban J connectivity index is 1.82. The minimum Gasteiger partial charge on any atom is -0.316 e. The lowest BCUT2D eigenvalue weighted by molar-refractivity contribution is 0.237. The summed E-state index contributed by atoms with van der Waals surface area (Å²) in [5, 5.41) is 3.47. The van der Waals surface area contributed by atoms with E-state index < -0.39 is 0 Å². The SMILES string of the molecule is CN(Cc1ccnc(Br)c1)C[C@@H]1CCCNC1. The number of nitrogens with one attached hydrogen (secondary N) is 1. The topological polar surface area (TPSA) is 28.2 Å².